The molecule has 1 heterocycles. The van der Waals surface area contributed by atoms with Crippen LogP contribution in [-0.4, -0.2) is 30.7 Å². The first-order chi connectivity index (χ1) is 10.7. The molecule has 0 bridgehead atoms. The van der Waals surface area contributed by atoms with Crippen LogP contribution < -0.4 is 5.32 Å². The molecule has 1 N–H and O–H groups in total. The Balaban J connectivity index is 2.04. The molecule has 1 atom stereocenters. The second-order valence-electron chi connectivity index (χ2n) is 5.18. The summed E-state index contributed by atoms with van der Waals surface area (Å²) in [6.07, 6.45) is 4.45. The third-order valence-electron chi connectivity index (χ3n) is 3.50. The van der Waals surface area contributed by atoms with Crippen LogP contribution in [0.25, 0.3) is 0 Å². The molecule has 0 fully saturated rings. The van der Waals surface area contributed by atoms with Gasteiger partial charge in [0.2, 0.25) is 5.91 Å². The molecule has 0 aliphatic carbocycles. The third kappa shape index (κ3) is 5.20. The second kappa shape index (κ2) is 8.61. The van der Waals surface area contributed by atoms with Gasteiger partial charge in [0.1, 0.15) is 0 Å². The standard InChI is InChI=1S/C17H21ClN2O2/c1-22-11-8-19-17(21)12-15(13-20-9-2-3-10-20)14-4-6-16(18)7-5-14/h2-7,9-10,15H,8,11-13H2,1H3,(H,19,21). The zero-order valence-electron chi connectivity index (χ0n) is 12.7. The highest BCUT2D eigenvalue weighted by molar-refractivity contribution is 6.30. The van der Waals surface area contributed by atoms with E-state index in [0.29, 0.717) is 24.6 Å². The minimum atomic E-state index is 0.0316. The van der Waals surface area contributed by atoms with Crippen molar-refractivity contribution < 1.29 is 9.53 Å². The number of carbonyl (C=O) groups is 1. The number of methoxy groups -OCH3 is 1. The van der Waals surface area contributed by atoms with E-state index in [1.807, 2.05) is 48.8 Å². The monoisotopic (exact) mass is 320 g/mol. The lowest BCUT2D eigenvalue weighted by Crippen LogP contribution is -2.29. The summed E-state index contributed by atoms with van der Waals surface area (Å²) in [5, 5.41) is 3.58. The average Bonchev–Trinajstić information content (AvgIpc) is 3.01. The molecule has 22 heavy (non-hydrogen) atoms. The first-order valence-corrected chi connectivity index (χ1v) is 7.68. The van der Waals surface area contributed by atoms with Crippen molar-refractivity contribution in [3.05, 3.63) is 59.4 Å². The van der Waals surface area contributed by atoms with Gasteiger partial charge in [0.25, 0.3) is 0 Å². The molecule has 1 aromatic carbocycles. The molecule has 1 amide bonds. The largest absolute Gasteiger partial charge is 0.383 e. The number of ether oxygens (including phenoxy) is 1. The summed E-state index contributed by atoms with van der Waals surface area (Å²) in [6.45, 7) is 1.81. The van der Waals surface area contributed by atoms with Gasteiger partial charge in [-0.3, -0.25) is 4.79 Å². The highest BCUT2D eigenvalue weighted by Crippen LogP contribution is 2.23. The Hall–Kier alpha value is -1.78. The number of nitrogens with one attached hydrogen (secondary N) is 1. The molecule has 0 spiro atoms. The van der Waals surface area contributed by atoms with E-state index in [0.717, 1.165) is 12.1 Å². The maximum Gasteiger partial charge on any atom is 0.220 e. The van der Waals surface area contributed by atoms with E-state index in [-0.39, 0.29) is 11.8 Å². The summed E-state index contributed by atoms with van der Waals surface area (Å²) in [4.78, 5) is 12.1. The van der Waals surface area contributed by atoms with Crippen LogP contribution in [0, 0.1) is 0 Å². The Morgan fingerprint density at radius 3 is 2.59 bits per heavy atom. The minimum Gasteiger partial charge on any atom is -0.383 e. The van der Waals surface area contributed by atoms with Crippen LogP contribution in [0.4, 0.5) is 0 Å². The Bertz CT molecular complexity index is 567. The summed E-state index contributed by atoms with van der Waals surface area (Å²) in [7, 11) is 1.62. The number of carbonyl (C=O) groups excluding carboxylic acids is 1. The Morgan fingerprint density at radius 1 is 1.27 bits per heavy atom. The van der Waals surface area contributed by atoms with Gasteiger partial charge in [-0.1, -0.05) is 23.7 Å². The molecular weight excluding hydrogens is 300 g/mol. The highest BCUT2D eigenvalue weighted by atomic mass is 35.5. The Kier molecular flexibility index (Phi) is 6.49. The van der Waals surface area contributed by atoms with Crippen LogP contribution in [0.1, 0.15) is 17.9 Å². The number of halogens is 1. The lowest BCUT2D eigenvalue weighted by atomic mass is 9.95. The van der Waals surface area contributed by atoms with Gasteiger partial charge in [-0.25, -0.2) is 0 Å². The molecule has 4 nitrogen and oxygen atoms in total. The van der Waals surface area contributed by atoms with Gasteiger partial charge in [0.05, 0.1) is 6.61 Å². The van der Waals surface area contributed by atoms with Crippen LogP contribution in [-0.2, 0) is 16.1 Å². The van der Waals surface area contributed by atoms with Crippen LogP contribution in [0.15, 0.2) is 48.8 Å². The summed E-state index contributed by atoms with van der Waals surface area (Å²) in [5.74, 6) is 0.136. The lowest BCUT2D eigenvalue weighted by Gasteiger charge is -2.18. The van der Waals surface area contributed by atoms with Crippen molar-refractivity contribution in [1.82, 2.24) is 9.88 Å². The first kappa shape index (κ1) is 16.6. The molecule has 0 aliphatic rings. The second-order valence-corrected chi connectivity index (χ2v) is 5.61. The van der Waals surface area contributed by atoms with E-state index in [1.54, 1.807) is 7.11 Å². The molecule has 0 saturated heterocycles. The number of nitrogens with zero attached hydrogens (tertiary/aromatic N) is 1. The van der Waals surface area contributed by atoms with E-state index in [4.69, 9.17) is 16.3 Å². The van der Waals surface area contributed by atoms with Crippen LogP contribution >= 0.6 is 11.6 Å². The first-order valence-electron chi connectivity index (χ1n) is 7.31. The SMILES string of the molecule is COCCNC(=O)CC(Cn1cccc1)c1ccc(Cl)cc1. The van der Waals surface area contributed by atoms with E-state index < -0.39 is 0 Å². The van der Waals surface area contributed by atoms with Gasteiger partial charge in [-0.15, -0.1) is 0 Å². The fourth-order valence-electron chi connectivity index (χ4n) is 2.36. The van der Waals surface area contributed by atoms with Crippen LogP contribution in [0.3, 0.4) is 0 Å². The molecule has 118 valence electrons. The fraction of sp³-hybridized carbons (Fsp3) is 0.353. The van der Waals surface area contributed by atoms with E-state index in [1.165, 1.54) is 0 Å². The Labute approximate surface area is 136 Å². The minimum absolute atomic E-state index is 0.0316. The third-order valence-corrected chi connectivity index (χ3v) is 3.75. The van der Waals surface area contributed by atoms with Gasteiger partial charge in [-0.2, -0.15) is 0 Å². The molecule has 2 rings (SSSR count). The summed E-state index contributed by atoms with van der Waals surface area (Å²) < 4.78 is 7.03. The van der Waals surface area contributed by atoms with Crippen molar-refractivity contribution in [1.29, 1.82) is 0 Å². The van der Waals surface area contributed by atoms with Crippen molar-refractivity contribution in [2.24, 2.45) is 0 Å². The predicted octanol–water partition coefficient (Wildman–Crippen LogP) is 3.08. The van der Waals surface area contributed by atoms with Crippen molar-refractivity contribution in [2.45, 2.75) is 18.9 Å². The van der Waals surface area contributed by atoms with Crippen molar-refractivity contribution in [3.8, 4) is 0 Å². The maximum atomic E-state index is 12.1. The number of hydrogen-bond donors (Lipinski definition) is 1. The van der Waals surface area contributed by atoms with Crippen molar-refractivity contribution in [3.63, 3.8) is 0 Å². The zero-order chi connectivity index (χ0) is 15.8. The van der Waals surface area contributed by atoms with E-state index in [9.17, 15) is 4.79 Å². The van der Waals surface area contributed by atoms with Crippen LogP contribution in [0.5, 0.6) is 0 Å². The van der Waals surface area contributed by atoms with Gasteiger partial charge < -0.3 is 14.6 Å². The number of benzene rings is 1. The molecule has 1 aromatic heterocycles. The van der Waals surface area contributed by atoms with Crippen LogP contribution in [0.2, 0.25) is 5.02 Å². The molecule has 2 aromatic rings. The number of aromatic nitrogens is 1. The number of amides is 1. The lowest BCUT2D eigenvalue weighted by molar-refractivity contribution is -0.121. The van der Waals surface area contributed by atoms with Gasteiger partial charge in [0, 0.05) is 50.0 Å². The van der Waals surface area contributed by atoms with Gasteiger partial charge in [0.15, 0.2) is 0 Å². The molecule has 5 heteroatoms. The summed E-state index contributed by atoms with van der Waals surface area (Å²) >= 11 is 5.95. The molecule has 0 saturated carbocycles. The number of hydrogen-bond acceptors (Lipinski definition) is 2. The van der Waals surface area contributed by atoms with E-state index in [2.05, 4.69) is 9.88 Å². The highest BCUT2D eigenvalue weighted by Gasteiger charge is 2.16. The topological polar surface area (TPSA) is 43.3 Å². The van der Waals surface area contributed by atoms with Crippen molar-refractivity contribution >= 4 is 17.5 Å². The smallest absolute Gasteiger partial charge is 0.220 e. The van der Waals surface area contributed by atoms with Gasteiger partial charge >= 0.3 is 0 Å². The zero-order valence-corrected chi connectivity index (χ0v) is 13.4. The molecule has 1 unspecified atom stereocenters. The molecule has 0 aliphatic heterocycles. The van der Waals surface area contributed by atoms with Crippen molar-refractivity contribution in [2.75, 3.05) is 20.3 Å². The summed E-state index contributed by atoms with van der Waals surface area (Å²) in [5.41, 5.74) is 1.11. The van der Waals surface area contributed by atoms with Gasteiger partial charge in [-0.05, 0) is 29.8 Å². The predicted molar refractivity (Wildman–Crippen MR) is 88.1 cm³/mol. The normalized spacial score (nSPS) is 12.1. The molecular formula is C17H21ClN2O2. The maximum absolute atomic E-state index is 12.1. The Morgan fingerprint density at radius 2 is 1.95 bits per heavy atom. The fourth-order valence-corrected chi connectivity index (χ4v) is 2.48. The quantitative estimate of drug-likeness (QED) is 0.760. The summed E-state index contributed by atoms with van der Waals surface area (Å²) in [6, 6.07) is 11.7. The number of rotatable bonds is 8. The molecule has 0 radical (unpaired) electrons. The van der Waals surface area contributed by atoms with E-state index >= 15 is 0 Å². The average molecular weight is 321 g/mol.